The van der Waals surface area contributed by atoms with Crippen molar-refractivity contribution < 1.29 is 9.47 Å². The van der Waals surface area contributed by atoms with E-state index in [0.29, 0.717) is 12.0 Å². The molecule has 0 radical (unpaired) electrons. The first-order valence-electron chi connectivity index (χ1n) is 6.72. The van der Waals surface area contributed by atoms with E-state index < -0.39 is 0 Å². The minimum absolute atomic E-state index is 0.425. The van der Waals surface area contributed by atoms with E-state index in [-0.39, 0.29) is 0 Å². The van der Waals surface area contributed by atoms with Gasteiger partial charge >= 0.3 is 0 Å². The van der Waals surface area contributed by atoms with Gasteiger partial charge in [0.05, 0.1) is 33.0 Å². The Balaban J connectivity index is 1.77. The molecular weight excluding hydrogens is 232 g/mol. The predicted molar refractivity (Wildman–Crippen MR) is 70.7 cm³/mol. The second kappa shape index (κ2) is 6.92. The molecular formula is C12H24N4O2. The minimum atomic E-state index is 0.425. The van der Waals surface area contributed by atoms with Gasteiger partial charge in [-0.05, 0) is 6.92 Å². The molecule has 2 N–H and O–H groups in total. The molecule has 2 fully saturated rings. The summed E-state index contributed by atoms with van der Waals surface area (Å²) in [6.07, 6.45) is 0. The Morgan fingerprint density at radius 2 is 1.67 bits per heavy atom. The lowest BCUT2D eigenvalue weighted by atomic mass is 10.2. The summed E-state index contributed by atoms with van der Waals surface area (Å²) in [4.78, 5) is 9.00. The molecule has 0 spiro atoms. The van der Waals surface area contributed by atoms with Gasteiger partial charge in [-0.2, -0.15) is 0 Å². The highest BCUT2D eigenvalue weighted by Crippen LogP contribution is 2.04. The molecule has 2 aliphatic heterocycles. The molecule has 6 heteroatoms. The van der Waals surface area contributed by atoms with E-state index in [1.54, 1.807) is 0 Å². The quantitative estimate of drug-likeness (QED) is 0.537. The van der Waals surface area contributed by atoms with Crippen LogP contribution in [0, 0.1) is 0 Å². The molecule has 104 valence electrons. The fraction of sp³-hybridized carbons (Fsp3) is 0.917. The van der Waals surface area contributed by atoms with Crippen LogP contribution in [0.5, 0.6) is 0 Å². The standard InChI is InChI=1S/C12H24N4O2/c1-11(15-2-6-17-7-3-15)10-14-12(13)16-4-8-18-9-5-16/h11H,2-10H2,1H3,(H2,13,14). The molecule has 2 rings (SSSR count). The van der Waals surface area contributed by atoms with Gasteiger partial charge < -0.3 is 20.1 Å². The number of nitrogens with zero attached hydrogens (tertiary/aromatic N) is 3. The summed E-state index contributed by atoms with van der Waals surface area (Å²) in [5.74, 6) is 0.651. The van der Waals surface area contributed by atoms with E-state index in [9.17, 15) is 0 Å². The lowest BCUT2D eigenvalue weighted by Gasteiger charge is -2.32. The van der Waals surface area contributed by atoms with Gasteiger partial charge in [-0.25, -0.2) is 0 Å². The van der Waals surface area contributed by atoms with Crippen LogP contribution in [0.1, 0.15) is 6.92 Å². The Morgan fingerprint density at radius 1 is 1.11 bits per heavy atom. The summed E-state index contributed by atoms with van der Waals surface area (Å²) >= 11 is 0. The van der Waals surface area contributed by atoms with Crippen molar-refractivity contribution in [3.05, 3.63) is 0 Å². The van der Waals surface area contributed by atoms with Gasteiger partial charge in [-0.1, -0.05) is 0 Å². The van der Waals surface area contributed by atoms with Crippen LogP contribution >= 0.6 is 0 Å². The first kappa shape index (κ1) is 13.6. The van der Waals surface area contributed by atoms with Gasteiger partial charge in [0.15, 0.2) is 5.96 Å². The molecule has 0 amide bonds. The third-order valence-electron chi connectivity index (χ3n) is 3.52. The SMILES string of the molecule is CC(CN=C(N)N1CCOCC1)N1CCOCC1. The van der Waals surface area contributed by atoms with E-state index in [4.69, 9.17) is 15.2 Å². The topological polar surface area (TPSA) is 63.3 Å². The predicted octanol–water partition coefficient (Wildman–Crippen LogP) is -0.646. The normalized spacial score (nSPS) is 25.2. The highest BCUT2D eigenvalue weighted by Gasteiger charge is 2.17. The molecule has 18 heavy (non-hydrogen) atoms. The number of rotatable bonds is 3. The third kappa shape index (κ3) is 3.83. The molecule has 0 saturated carbocycles. The molecule has 0 aromatic carbocycles. The Kier molecular flexibility index (Phi) is 5.22. The lowest BCUT2D eigenvalue weighted by molar-refractivity contribution is 0.0219. The fourth-order valence-corrected chi connectivity index (χ4v) is 2.25. The summed E-state index contributed by atoms with van der Waals surface area (Å²) in [5, 5.41) is 0. The molecule has 0 bridgehead atoms. The van der Waals surface area contributed by atoms with E-state index in [1.165, 1.54) is 0 Å². The number of nitrogens with two attached hydrogens (primary N) is 1. The smallest absolute Gasteiger partial charge is 0.191 e. The first-order valence-corrected chi connectivity index (χ1v) is 6.72. The maximum atomic E-state index is 6.00. The van der Waals surface area contributed by atoms with Crippen molar-refractivity contribution >= 4 is 5.96 Å². The summed E-state index contributed by atoms with van der Waals surface area (Å²) in [6, 6.07) is 0.425. The van der Waals surface area contributed by atoms with Crippen molar-refractivity contribution in [3.8, 4) is 0 Å². The second-order valence-corrected chi connectivity index (χ2v) is 4.80. The van der Waals surface area contributed by atoms with Crippen molar-refractivity contribution in [1.82, 2.24) is 9.80 Å². The number of aliphatic imine (C=N–C) groups is 1. The summed E-state index contributed by atoms with van der Waals surface area (Å²) in [5.41, 5.74) is 6.00. The minimum Gasteiger partial charge on any atom is -0.379 e. The lowest BCUT2D eigenvalue weighted by Crippen LogP contribution is -2.46. The zero-order valence-corrected chi connectivity index (χ0v) is 11.2. The van der Waals surface area contributed by atoms with Gasteiger partial charge in [-0.3, -0.25) is 9.89 Å². The van der Waals surface area contributed by atoms with Crippen molar-refractivity contribution in [2.24, 2.45) is 10.7 Å². The van der Waals surface area contributed by atoms with E-state index in [1.807, 2.05) is 0 Å². The van der Waals surface area contributed by atoms with Crippen LogP contribution in [0.15, 0.2) is 4.99 Å². The molecule has 1 atom stereocenters. The van der Waals surface area contributed by atoms with Crippen LogP contribution in [0.4, 0.5) is 0 Å². The van der Waals surface area contributed by atoms with Crippen molar-refractivity contribution in [3.63, 3.8) is 0 Å². The third-order valence-corrected chi connectivity index (χ3v) is 3.52. The molecule has 0 aliphatic carbocycles. The number of morpholine rings is 2. The average Bonchev–Trinajstić information content (AvgIpc) is 2.46. The van der Waals surface area contributed by atoms with Crippen LogP contribution in [-0.4, -0.2) is 81.0 Å². The van der Waals surface area contributed by atoms with Gasteiger partial charge in [0, 0.05) is 32.2 Å². The maximum absolute atomic E-state index is 6.00. The summed E-state index contributed by atoms with van der Waals surface area (Å²) in [7, 11) is 0. The Bertz CT molecular complexity index is 273. The monoisotopic (exact) mass is 256 g/mol. The van der Waals surface area contributed by atoms with Crippen LogP contribution in [-0.2, 0) is 9.47 Å². The van der Waals surface area contributed by atoms with Crippen LogP contribution in [0.2, 0.25) is 0 Å². The Hall–Kier alpha value is -0.850. The molecule has 6 nitrogen and oxygen atoms in total. The molecule has 0 aromatic heterocycles. The van der Waals surface area contributed by atoms with Crippen LogP contribution in [0.3, 0.4) is 0 Å². The average molecular weight is 256 g/mol. The number of hydrogen-bond donors (Lipinski definition) is 1. The summed E-state index contributed by atoms with van der Waals surface area (Å²) < 4.78 is 10.6. The van der Waals surface area contributed by atoms with Gasteiger partial charge in [0.2, 0.25) is 0 Å². The van der Waals surface area contributed by atoms with Gasteiger partial charge in [-0.15, -0.1) is 0 Å². The Labute approximate surface area is 109 Å². The molecule has 2 heterocycles. The second-order valence-electron chi connectivity index (χ2n) is 4.80. The summed E-state index contributed by atoms with van der Waals surface area (Å²) in [6.45, 7) is 9.78. The molecule has 1 unspecified atom stereocenters. The van der Waals surface area contributed by atoms with Crippen molar-refractivity contribution in [2.75, 3.05) is 59.2 Å². The van der Waals surface area contributed by atoms with E-state index in [0.717, 1.165) is 59.2 Å². The fourth-order valence-electron chi connectivity index (χ4n) is 2.25. The zero-order chi connectivity index (χ0) is 12.8. The first-order chi connectivity index (χ1) is 8.77. The molecule has 2 saturated heterocycles. The van der Waals surface area contributed by atoms with Crippen molar-refractivity contribution in [2.45, 2.75) is 13.0 Å². The Morgan fingerprint density at radius 3 is 2.28 bits per heavy atom. The highest BCUT2D eigenvalue weighted by molar-refractivity contribution is 5.78. The number of hydrogen-bond acceptors (Lipinski definition) is 4. The molecule has 0 aromatic rings. The number of ether oxygens (including phenoxy) is 2. The largest absolute Gasteiger partial charge is 0.379 e. The van der Waals surface area contributed by atoms with Crippen LogP contribution in [0.25, 0.3) is 0 Å². The highest BCUT2D eigenvalue weighted by atomic mass is 16.5. The van der Waals surface area contributed by atoms with E-state index in [2.05, 4.69) is 21.7 Å². The van der Waals surface area contributed by atoms with Crippen molar-refractivity contribution in [1.29, 1.82) is 0 Å². The maximum Gasteiger partial charge on any atom is 0.191 e. The molecule has 2 aliphatic rings. The van der Waals surface area contributed by atoms with Gasteiger partial charge in [0.1, 0.15) is 0 Å². The van der Waals surface area contributed by atoms with Crippen LogP contribution < -0.4 is 5.73 Å². The zero-order valence-electron chi connectivity index (χ0n) is 11.2. The van der Waals surface area contributed by atoms with E-state index >= 15 is 0 Å². The number of guanidine groups is 1. The van der Waals surface area contributed by atoms with Gasteiger partial charge in [0.25, 0.3) is 0 Å².